The molecule has 0 heterocycles. The third-order valence-electron chi connectivity index (χ3n) is 1.72. The summed E-state index contributed by atoms with van der Waals surface area (Å²) in [5.74, 6) is 0.775. The summed E-state index contributed by atoms with van der Waals surface area (Å²) in [6.45, 7) is 1.88. The molecule has 1 aromatic rings. The number of ether oxygens (including phenoxy) is 1. The van der Waals surface area contributed by atoms with Gasteiger partial charge in [0.15, 0.2) is 0 Å². The van der Waals surface area contributed by atoms with Crippen molar-refractivity contribution in [2.24, 2.45) is 0 Å². The Morgan fingerprint density at radius 1 is 1.27 bits per heavy atom. The maximum Gasteiger partial charge on any atom is 0.123 e. The Balaban J connectivity index is 3.25. The second-order valence-electron chi connectivity index (χ2n) is 2.40. The van der Waals surface area contributed by atoms with Crippen molar-refractivity contribution in [1.82, 2.24) is 0 Å². The molecule has 0 spiro atoms. The second kappa shape index (κ2) is 2.70. The molecular weight excluding hydrogens is 140 g/mol. The minimum atomic E-state index is 0.600. The molecule has 0 saturated carbocycles. The van der Waals surface area contributed by atoms with Crippen LogP contribution in [0.1, 0.15) is 5.56 Å². The van der Waals surface area contributed by atoms with Gasteiger partial charge in [-0.3, -0.25) is 0 Å². The van der Waals surface area contributed by atoms with Gasteiger partial charge in [0, 0.05) is 5.56 Å². The van der Waals surface area contributed by atoms with Crippen LogP contribution in [0.15, 0.2) is 12.1 Å². The molecule has 1 rings (SSSR count). The summed E-state index contributed by atoms with van der Waals surface area (Å²) in [6.07, 6.45) is 0. The van der Waals surface area contributed by atoms with E-state index < -0.39 is 0 Å². The summed E-state index contributed by atoms with van der Waals surface area (Å²) in [5.41, 5.74) is 13.3. The Morgan fingerprint density at radius 3 is 2.45 bits per heavy atom. The van der Waals surface area contributed by atoms with Crippen molar-refractivity contribution in [2.45, 2.75) is 6.92 Å². The highest BCUT2D eigenvalue weighted by Crippen LogP contribution is 2.27. The van der Waals surface area contributed by atoms with Gasteiger partial charge < -0.3 is 16.2 Å². The predicted molar refractivity (Wildman–Crippen MR) is 46.6 cm³/mol. The first-order valence-corrected chi connectivity index (χ1v) is 3.35. The van der Waals surface area contributed by atoms with Crippen LogP contribution >= 0.6 is 0 Å². The summed E-state index contributed by atoms with van der Waals surface area (Å²) in [5, 5.41) is 0. The van der Waals surface area contributed by atoms with Gasteiger partial charge in [-0.2, -0.15) is 0 Å². The zero-order valence-electron chi connectivity index (χ0n) is 6.72. The Labute approximate surface area is 66.0 Å². The molecular formula is C8H12N2O. The third kappa shape index (κ3) is 1.22. The Kier molecular flexibility index (Phi) is 1.89. The maximum atomic E-state index is 5.65. The minimum Gasteiger partial charge on any atom is -0.496 e. The van der Waals surface area contributed by atoms with Crippen LogP contribution in [0.25, 0.3) is 0 Å². The quantitative estimate of drug-likeness (QED) is 0.594. The molecule has 60 valence electrons. The number of hydrogen-bond acceptors (Lipinski definition) is 3. The van der Waals surface area contributed by atoms with Crippen LogP contribution in [0, 0.1) is 6.92 Å². The number of nitrogen functional groups attached to an aromatic ring is 2. The number of methoxy groups -OCH3 is 1. The lowest BCUT2D eigenvalue weighted by Crippen LogP contribution is -1.98. The van der Waals surface area contributed by atoms with Crippen LogP contribution in [0.4, 0.5) is 11.4 Å². The highest BCUT2D eigenvalue weighted by Gasteiger charge is 2.03. The normalized spacial score (nSPS) is 9.64. The van der Waals surface area contributed by atoms with E-state index in [2.05, 4.69) is 0 Å². The molecule has 3 heteroatoms. The molecule has 0 aliphatic heterocycles. The van der Waals surface area contributed by atoms with E-state index in [1.807, 2.05) is 6.92 Å². The van der Waals surface area contributed by atoms with Crippen molar-refractivity contribution in [3.05, 3.63) is 17.7 Å². The van der Waals surface area contributed by atoms with Gasteiger partial charge in [-0.1, -0.05) is 0 Å². The van der Waals surface area contributed by atoms with Gasteiger partial charge in [-0.05, 0) is 19.1 Å². The first-order valence-electron chi connectivity index (χ1n) is 3.35. The zero-order valence-corrected chi connectivity index (χ0v) is 6.72. The first kappa shape index (κ1) is 7.72. The zero-order chi connectivity index (χ0) is 8.43. The van der Waals surface area contributed by atoms with Crippen LogP contribution in [0.2, 0.25) is 0 Å². The molecule has 11 heavy (non-hydrogen) atoms. The molecule has 0 aromatic heterocycles. The van der Waals surface area contributed by atoms with Crippen molar-refractivity contribution < 1.29 is 4.74 Å². The van der Waals surface area contributed by atoms with Gasteiger partial charge in [0.25, 0.3) is 0 Å². The topological polar surface area (TPSA) is 61.3 Å². The monoisotopic (exact) mass is 152 g/mol. The fourth-order valence-electron chi connectivity index (χ4n) is 0.951. The largest absolute Gasteiger partial charge is 0.496 e. The van der Waals surface area contributed by atoms with E-state index in [0.29, 0.717) is 11.4 Å². The molecule has 0 amide bonds. The standard InChI is InChI=1S/C8H12N2O/c1-5-7(11-2)4-3-6(9)8(5)10/h3-4H,9-10H2,1-2H3. The lowest BCUT2D eigenvalue weighted by molar-refractivity contribution is 0.412. The summed E-state index contributed by atoms with van der Waals surface area (Å²) in [4.78, 5) is 0. The summed E-state index contributed by atoms with van der Waals surface area (Å²) < 4.78 is 5.05. The maximum absolute atomic E-state index is 5.65. The summed E-state index contributed by atoms with van der Waals surface area (Å²) >= 11 is 0. The third-order valence-corrected chi connectivity index (χ3v) is 1.72. The second-order valence-corrected chi connectivity index (χ2v) is 2.40. The van der Waals surface area contributed by atoms with Gasteiger partial charge in [-0.25, -0.2) is 0 Å². The number of nitrogens with two attached hydrogens (primary N) is 2. The molecule has 0 atom stereocenters. The lowest BCUT2D eigenvalue weighted by Gasteiger charge is -2.08. The Morgan fingerprint density at radius 2 is 1.91 bits per heavy atom. The predicted octanol–water partition coefficient (Wildman–Crippen LogP) is 1.17. The van der Waals surface area contributed by atoms with Crippen molar-refractivity contribution in [3.8, 4) is 5.75 Å². The minimum absolute atomic E-state index is 0.600. The SMILES string of the molecule is COc1ccc(N)c(N)c1C. The van der Waals surface area contributed by atoms with Crippen LogP contribution < -0.4 is 16.2 Å². The molecule has 0 bridgehead atoms. The van der Waals surface area contributed by atoms with Crippen LogP contribution in [0.3, 0.4) is 0 Å². The van der Waals surface area contributed by atoms with E-state index in [0.717, 1.165) is 11.3 Å². The first-order chi connectivity index (χ1) is 5.16. The van der Waals surface area contributed by atoms with E-state index >= 15 is 0 Å². The number of hydrogen-bond donors (Lipinski definition) is 2. The van der Waals surface area contributed by atoms with E-state index in [4.69, 9.17) is 16.2 Å². The molecule has 3 nitrogen and oxygen atoms in total. The van der Waals surface area contributed by atoms with Crippen molar-refractivity contribution in [2.75, 3.05) is 18.6 Å². The number of benzene rings is 1. The molecule has 1 aromatic carbocycles. The van der Waals surface area contributed by atoms with Gasteiger partial charge in [0.2, 0.25) is 0 Å². The van der Waals surface area contributed by atoms with Crippen molar-refractivity contribution in [1.29, 1.82) is 0 Å². The van der Waals surface area contributed by atoms with Crippen LogP contribution in [-0.2, 0) is 0 Å². The highest BCUT2D eigenvalue weighted by atomic mass is 16.5. The Hall–Kier alpha value is -1.38. The fraction of sp³-hybridized carbons (Fsp3) is 0.250. The number of rotatable bonds is 1. The Bertz CT molecular complexity index is 271. The molecule has 0 aliphatic carbocycles. The van der Waals surface area contributed by atoms with Gasteiger partial charge in [0.05, 0.1) is 18.5 Å². The molecule has 0 fully saturated rings. The van der Waals surface area contributed by atoms with E-state index in [9.17, 15) is 0 Å². The number of anilines is 2. The van der Waals surface area contributed by atoms with E-state index in [1.54, 1.807) is 19.2 Å². The molecule has 4 N–H and O–H groups in total. The van der Waals surface area contributed by atoms with Gasteiger partial charge in [-0.15, -0.1) is 0 Å². The average Bonchev–Trinajstić information content (AvgIpc) is 2.01. The van der Waals surface area contributed by atoms with Gasteiger partial charge in [0.1, 0.15) is 5.75 Å². The van der Waals surface area contributed by atoms with Crippen molar-refractivity contribution in [3.63, 3.8) is 0 Å². The smallest absolute Gasteiger partial charge is 0.123 e. The molecule has 0 saturated heterocycles. The van der Waals surface area contributed by atoms with E-state index in [1.165, 1.54) is 0 Å². The molecule has 0 aliphatic rings. The fourth-order valence-corrected chi connectivity index (χ4v) is 0.951. The van der Waals surface area contributed by atoms with Crippen LogP contribution in [0.5, 0.6) is 5.75 Å². The summed E-state index contributed by atoms with van der Waals surface area (Å²) in [6, 6.07) is 3.54. The van der Waals surface area contributed by atoms with Crippen molar-refractivity contribution >= 4 is 11.4 Å². The van der Waals surface area contributed by atoms with E-state index in [-0.39, 0.29) is 0 Å². The molecule has 0 unspecified atom stereocenters. The summed E-state index contributed by atoms with van der Waals surface area (Å²) in [7, 11) is 1.61. The molecule has 0 radical (unpaired) electrons. The highest BCUT2D eigenvalue weighted by molar-refractivity contribution is 5.70. The van der Waals surface area contributed by atoms with Crippen LogP contribution in [-0.4, -0.2) is 7.11 Å². The van der Waals surface area contributed by atoms with Gasteiger partial charge >= 0.3 is 0 Å². The average molecular weight is 152 g/mol. The lowest BCUT2D eigenvalue weighted by atomic mass is 10.1.